The topological polar surface area (TPSA) is 48.4 Å². The normalized spacial score (nSPS) is 10.4. The Labute approximate surface area is 91.2 Å². The van der Waals surface area contributed by atoms with E-state index in [4.69, 9.17) is 4.74 Å². The average Bonchev–Trinajstić information content (AvgIpc) is 2.27. The minimum Gasteiger partial charge on any atom is -0.496 e. The summed E-state index contributed by atoms with van der Waals surface area (Å²) in [6, 6.07) is 1.27. The Morgan fingerprint density at radius 2 is 2.06 bits per heavy atom. The van der Waals surface area contributed by atoms with Crippen molar-refractivity contribution in [3.8, 4) is 5.75 Å². The number of hydrogen-bond acceptors (Lipinski definition) is 4. The molecule has 0 bridgehead atoms. The summed E-state index contributed by atoms with van der Waals surface area (Å²) >= 11 is 0. The van der Waals surface area contributed by atoms with Crippen LogP contribution < -0.4 is 4.74 Å². The van der Waals surface area contributed by atoms with Crippen molar-refractivity contribution in [2.45, 2.75) is 13.3 Å². The molecule has 0 saturated carbocycles. The van der Waals surface area contributed by atoms with E-state index in [0.29, 0.717) is 0 Å². The van der Waals surface area contributed by atoms with Crippen LogP contribution in [0.5, 0.6) is 5.75 Å². The number of ether oxygens (including phenoxy) is 2. The zero-order valence-electron chi connectivity index (χ0n) is 9.08. The van der Waals surface area contributed by atoms with E-state index in [-0.39, 0.29) is 17.0 Å². The third-order valence-corrected chi connectivity index (χ3v) is 2.08. The van der Waals surface area contributed by atoms with Gasteiger partial charge in [-0.3, -0.25) is 0 Å². The molecule has 1 aromatic heterocycles. The van der Waals surface area contributed by atoms with Gasteiger partial charge in [0, 0.05) is 11.6 Å². The maximum absolute atomic E-state index is 12.6. The van der Waals surface area contributed by atoms with Crippen LogP contribution in [0.2, 0.25) is 0 Å². The average molecular weight is 231 g/mol. The van der Waals surface area contributed by atoms with Crippen molar-refractivity contribution in [2.75, 3.05) is 14.2 Å². The first-order chi connectivity index (χ1) is 7.51. The summed E-state index contributed by atoms with van der Waals surface area (Å²) in [5, 5.41) is 0. The number of alkyl halides is 2. The second kappa shape index (κ2) is 4.87. The zero-order valence-corrected chi connectivity index (χ0v) is 9.08. The lowest BCUT2D eigenvalue weighted by Gasteiger charge is -2.10. The molecule has 6 heteroatoms. The van der Waals surface area contributed by atoms with Gasteiger partial charge in [0.1, 0.15) is 11.4 Å². The van der Waals surface area contributed by atoms with Crippen LogP contribution in [0.25, 0.3) is 0 Å². The van der Waals surface area contributed by atoms with Gasteiger partial charge in [-0.1, -0.05) is 0 Å². The summed E-state index contributed by atoms with van der Waals surface area (Å²) in [5.41, 5.74) is -0.454. The highest BCUT2D eigenvalue weighted by Crippen LogP contribution is 2.28. The Hall–Kier alpha value is -1.72. The Morgan fingerprint density at radius 1 is 1.44 bits per heavy atom. The van der Waals surface area contributed by atoms with Crippen molar-refractivity contribution in [2.24, 2.45) is 0 Å². The van der Waals surface area contributed by atoms with Gasteiger partial charge in [-0.05, 0) is 6.92 Å². The van der Waals surface area contributed by atoms with Crippen molar-refractivity contribution in [1.82, 2.24) is 4.98 Å². The molecular formula is C10H11F2NO3. The van der Waals surface area contributed by atoms with Gasteiger partial charge in [0.25, 0.3) is 6.43 Å². The predicted octanol–water partition coefficient (Wildman–Crippen LogP) is 2.12. The van der Waals surface area contributed by atoms with E-state index in [1.165, 1.54) is 20.1 Å². The van der Waals surface area contributed by atoms with Crippen molar-refractivity contribution in [1.29, 1.82) is 0 Å². The molecule has 0 aliphatic carbocycles. The van der Waals surface area contributed by atoms with E-state index < -0.39 is 18.1 Å². The quantitative estimate of drug-likeness (QED) is 0.747. The molecule has 1 aromatic rings. The summed E-state index contributed by atoms with van der Waals surface area (Å²) in [5.74, 6) is -0.592. The third kappa shape index (κ3) is 2.26. The summed E-state index contributed by atoms with van der Waals surface area (Å²) in [7, 11) is 2.48. The fourth-order valence-corrected chi connectivity index (χ4v) is 1.24. The molecule has 0 radical (unpaired) electrons. The van der Waals surface area contributed by atoms with E-state index >= 15 is 0 Å². The number of esters is 1. The number of rotatable bonds is 3. The number of carbonyl (C=O) groups excluding carboxylic acids is 1. The monoisotopic (exact) mass is 231 g/mol. The maximum Gasteiger partial charge on any atom is 0.356 e. The van der Waals surface area contributed by atoms with Gasteiger partial charge in [-0.15, -0.1) is 0 Å². The molecule has 0 saturated heterocycles. The van der Waals surface area contributed by atoms with Crippen LogP contribution in [0.1, 0.15) is 28.2 Å². The molecule has 4 nitrogen and oxygen atoms in total. The Kier molecular flexibility index (Phi) is 3.76. The molecule has 0 fully saturated rings. The van der Waals surface area contributed by atoms with Gasteiger partial charge >= 0.3 is 5.97 Å². The summed E-state index contributed by atoms with van der Waals surface area (Å²) in [6.07, 6.45) is -2.77. The zero-order chi connectivity index (χ0) is 12.3. The number of methoxy groups -OCH3 is 2. The second-order valence-electron chi connectivity index (χ2n) is 3.01. The lowest BCUT2D eigenvalue weighted by atomic mass is 10.1. The number of pyridine rings is 1. The van der Waals surface area contributed by atoms with Gasteiger partial charge in [0.15, 0.2) is 5.69 Å². The molecular weight excluding hydrogens is 220 g/mol. The maximum atomic E-state index is 12.6. The van der Waals surface area contributed by atoms with Crippen LogP contribution in [-0.2, 0) is 4.74 Å². The summed E-state index contributed by atoms with van der Waals surface area (Å²) in [6.45, 7) is 1.45. The van der Waals surface area contributed by atoms with Gasteiger partial charge in [-0.2, -0.15) is 0 Å². The molecule has 0 amide bonds. The molecule has 1 heterocycles. The first kappa shape index (κ1) is 12.4. The molecule has 1 rings (SSSR count). The number of nitrogens with zero attached hydrogens (tertiary/aromatic N) is 1. The van der Waals surface area contributed by atoms with Crippen molar-refractivity contribution >= 4 is 5.97 Å². The first-order valence-electron chi connectivity index (χ1n) is 4.43. The highest BCUT2D eigenvalue weighted by molar-refractivity contribution is 5.87. The van der Waals surface area contributed by atoms with Crippen molar-refractivity contribution in [3.05, 3.63) is 23.0 Å². The number of aromatic nitrogens is 1. The van der Waals surface area contributed by atoms with Crippen LogP contribution in [0.4, 0.5) is 8.78 Å². The molecule has 0 aliphatic heterocycles. The molecule has 0 unspecified atom stereocenters. The number of halogens is 2. The van der Waals surface area contributed by atoms with E-state index in [9.17, 15) is 13.6 Å². The molecule has 0 aliphatic rings. The first-order valence-corrected chi connectivity index (χ1v) is 4.43. The van der Waals surface area contributed by atoms with E-state index in [1.807, 2.05) is 0 Å². The molecule has 16 heavy (non-hydrogen) atoms. The van der Waals surface area contributed by atoms with E-state index in [0.717, 1.165) is 7.11 Å². The van der Waals surface area contributed by atoms with Crippen LogP contribution >= 0.6 is 0 Å². The van der Waals surface area contributed by atoms with Crippen LogP contribution in [0.3, 0.4) is 0 Å². The third-order valence-electron chi connectivity index (χ3n) is 2.08. The lowest BCUT2D eigenvalue weighted by molar-refractivity contribution is 0.0591. The SMILES string of the molecule is COC(=O)c1cc(OC)c(C)c(C(F)F)n1. The highest BCUT2D eigenvalue weighted by atomic mass is 19.3. The highest BCUT2D eigenvalue weighted by Gasteiger charge is 2.20. The second-order valence-corrected chi connectivity index (χ2v) is 3.01. The fourth-order valence-electron chi connectivity index (χ4n) is 1.24. The van der Waals surface area contributed by atoms with Gasteiger partial charge < -0.3 is 9.47 Å². The van der Waals surface area contributed by atoms with Gasteiger partial charge in [0.2, 0.25) is 0 Å². The smallest absolute Gasteiger partial charge is 0.356 e. The summed E-state index contributed by atoms with van der Waals surface area (Å²) in [4.78, 5) is 14.7. The van der Waals surface area contributed by atoms with Gasteiger partial charge in [0.05, 0.1) is 14.2 Å². The number of carbonyl (C=O) groups is 1. The Morgan fingerprint density at radius 3 is 2.50 bits per heavy atom. The number of hydrogen-bond donors (Lipinski definition) is 0. The predicted molar refractivity (Wildman–Crippen MR) is 51.8 cm³/mol. The fraction of sp³-hybridized carbons (Fsp3) is 0.400. The molecule has 0 N–H and O–H groups in total. The largest absolute Gasteiger partial charge is 0.496 e. The standard InChI is InChI=1S/C10H11F2NO3/c1-5-7(15-2)4-6(10(14)16-3)13-8(5)9(11)12/h4,9H,1-3H3. The van der Waals surface area contributed by atoms with Crippen molar-refractivity contribution in [3.63, 3.8) is 0 Å². The summed E-state index contributed by atoms with van der Waals surface area (Å²) < 4.78 is 34.5. The van der Waals surface area contributed by atoms with Crippen LogP contribution in [-0.4, -0.2) is 25.2 Å². The van der Waals surface area contributed by atoms with Crippen LogP contribution in [0.15, 0.2) is 6.07 Å². The van der Waals surface area contributed by atoms with E-state index in [2.05, 4.69) is 9.72 Å². The molecule has 0 atom stereocenters. The Balaban J connectivity index is 3.34. The van der Waals surface area contributed by atoms with Gasteiger partial charge in [-0.25, -0.2) is 18.6 Å². The van der Waals surface area contributed by atoms with Crippen LogP contribution in [0, 0.1) is 6.92 Å². The molecule has 0 aromatic carbocycles. The minimum absolute atomic E-state index is 0.186. The molecule has 0 spiro atoms. The van der Waals surface area contributed by atoms with E-state index in [1.54, 1.807) is 0 Å². The molecule has 88 valence electrons. The lowest BCUT2D eigenvalue weighted by Crippen LogP contribution is -2.09. The minimum atomic E-state index is -2.77. The van der Waals surface area contributed by atoms with Crippen molar-refractivity contribution < 1.29 is 23.0 Å². The Bertz CT molecular complexity index is 407.